The lowest BCUT2D eigenvalue weighted by atomic mass is 9.86. The van der Waals surface area contributed by atoms with Crippen LogP contribution in [0.4, 0.5) is 18.0 Å². The molecule has 1 rings (SSSR count). The van der Waals surface area contributed by atoms with Gasteiger partial charge in [0.2, 0.25) is 0 Å². The van der Waals surface area contributed by atoms with Crippen LogP contribution in [0.25, 0.3) is 0 Å². The van der Waals surface area contributed by atoms with E-state index in [0.29, 0.717) is 6.61 Å². The smallest absolute Gasteiger partial charge is 0.406 e. The number of likely N-dealkylation sites (tertiary alicyclic amines) is 1. The van der Waals surface area contributed by atoms with Crippen LogP contribution in [0.2, 0.25) is 0 Å². The molecule has 0 spiro atoms. The second kappa shape index (κ2) is 6.50. The van der Waals surface area contributed by atoms with Gasteiger partial charge in [0.1, 0.15) is 0 Å². The zero-order chi connectivity index (χ0) is 16.3. The lowest BCUT2D eigenvalue weighted by molar-refractivity contribution is -0.226. The van der Waals surface area contributed by atoms with Crippen LogP contribution in [0, 0.1) is 11.3 Å². The average Bonchev–Trinajstić information content (AvgIpc) is 2.82. The van der Waals surface area contributed by atoms with Gasteiger partial charge in [0.25, 0.3) is 0 Å². The maximum Gasteiger partial charge on any atom is 0.406 e. The fraction of sp³-hybridized carbons (Fsp3) is 0.833. The van der Waals surface area contributed by atoms with Crippen LogP contribution >= 0.6 is 0 Å². The highest BCUT2D eigenvalue weighted by atomic mass is 19.4. The number of ether oxygens (including phenoxy) is 1. The van der Waals surface area contributed by atoms with Crippen molar-refractivity contribution in [3.63, 3.8) is 0 Å². The quantitative estimate of drug-likeness (QED) is 0.802. The maximum absolute atomic E-state index is 13.0. The Kier molecular flexibility index (Phi) is 5.43. The van der Waals surface area contributed by atoms with Crippen LogP contribution in [0.1, 0.15) is 13.3 Å². The first-order valence-corrected chi connectivity index (χ1v) is 6.46. The molecule has 6 nitrogen and oxygen atoms in total. The minimum atomic E-state index is -4.89. The van der Waals surface area contributed by atoms with Gasteiger partial charge in [-0.05, 0) is 12.3 Å². The van der Waals surface area contributed by atoms with E-state index in [4.69, 9.17) is 9.84 Å². The van der Waals surface area contributed by atoms with Crippen molar-refractivity contribution in [1.82, 2.24) is 10.2 Å². The number of urea groups is 1. The van der Waals surface area contributed by atoms with E-state index in [1.807, 2.05) is 6.92 Å². The molecular formula is C12H19F3N2O4. The number of hydrogen-bond donors (Lipinski definition) is 2. The molecule has 0 aliphatic carbocycles. The third-order valence-electron chi connectivity index (χ3n) is 3.56. The maximum atomic E-state index is 13.0. The number of aliphatic carboxylic acids is 1. The lowest BCUT2D eigenvalue weighted by Crippen LogP contribution is -2.49. The van der Waals surface area contributed by atoms with Crippen LogP contribution in [0.5, 0.6) is 0 Å². The summed E-state index contributed by atoms with van der Waals surface area (Å²) < 4.78 is 43.8. The van der Waals surface area contributed by atoms with Gasteiger partial charge < -0.3 is 20.1 Å². The molecule has 9 heteroatoms. The van der Waals surface area contributed by atoms with Gasteiger partial charge in [-0.1, -0.05) is 6.92 Å². The Morgan fingerprint density at radius 3 is 2.52 bits per heavy atom. The summed E-state index contributed by atoms with van der Waals surface area (Å²) in [5.41, 5.74) is -2.87. The van der Waals surface area contributed by atoms with Crippen molar-refractivity contribution in [2.45, 2.75) is 19.5 Å². The van der Waals surface area contributed by atoms with Crippen molar-refractivity contribution >= 4 is 12.0 Å². The fourth-order valence-corrected chi connectivity index (χ4v) is 2.23. The van der Waals surface area contributed by atoms with Gasteiger partial charge >= 0.3 is 18.2 Å². The van der Waals surface area contributed by atoms with Crippen LogP contribution in [0.3, 0.4) is 0 Å². The van der Waals surface area contributed by atoms with Gasteiger partial charge in [-0.15, -0.1) is 0 Å². The van der Waals surface area contributed by atoms with Crippen molar-refractivity contribution < 1.29 is 32.6 Å². The van der Waals surface area contributed by atoms with E-state index in [2.05, 4.69) is 5.32 Å². The lowest BCUT2D eigenvalue weighted by Gasteiger charge is -2.27. The summed E-state index contributed by atoms with van der Waals surface area (Å²) in [5.74, 6) is -1.94. The van der Waals surface area contributed by atoms with Crippen molar-refractivity contribution in [2.75, 3.05) is 33.4 Å². The molecule has 2 N–H and O–H groups in total. The normalized spacial score (nSPS) is 24.0. The molecule has 0 radical (unpaired) electrons. The number of halogens is 3. The van der Waals surface area contributed by atoms with Gasteiger partial charge in [0, 0.05) is 26.7 Å². The summed E-state index contributed by atoms with van der Waals surface area (Å²) >= 11 is 0. The molecule has 1 fully saturated rings. The summed E-state index contributed by atoms with van der Waals surface area (Å²) in [7, 11) is 1.50. The largest absolute Gasteiger partial charge is 0.481 e. The van der Waals surface area contributed by atoms with Crippen molar-refractivity contribution in [3.05, 3.63) is 0 Å². The molecule has 122 valence electrons. The number of carboxylic acids is 1. The Bertz CT molecular complexity index is 402. The Hall–Kier alpha value is -1.51. The number of carbonyl (C=O) groups is 2. The second-order valence-electron chi connectivity index (χ2n) is 5.30. The minimum absolute atomic E-state index is 0.00778. The number of methoxy groups -OCH3 is 1. The molecule has 1 saturated heterocycles. The molecule has 21 heavy (non-hydrogen) atoms. The van der Waals surface area contributed by atoms with Crippen molar-refractivity contribution in [2.24, 2.45) is 11.3 Å². The molecule has 2 unspecified atom stereocenters. The predicted molar refractivity (Wildman–Crippen MR) is 66.8 cm³/mol. The SMILES string of the molecule is COCC(C)CNC(=O)N1CCC(C(=O)O)(C(F)(F)F)C1. The summed E-state index contributed by atoms with van der Waals surface area (Å²) in [6, 6.07) is -0.690. The highest BCUT2D eigenvalue weighted by molar-refractivity contribution is 5.80. The molecule has 2 amide bonds. The molecule has 1 heterocycles. The van der Waals surface area contributed by atoms with Gasteiger partial charge in [-0.2, -0.15) is 13.2 Å². The average molecular weight is 312 g/mol. The van der Waals surface area contributed by atoms with E-state index in [0.717, 1.165) is 4.90 Å². The third-order valence-corrected chi connectivity index (χ3v) is 3.56. The fourth-order valence-electron chi connectivity index (χ4n) is 2.23. The number of rotatable bonds is 5. The number of alkyl halides is 3. The molecule has 2 atom stereocenters. The molecule has 0 aromatic heterocycles. The molecule has 0 saturated carbocycles. The molecule has 1 aliphatic heterocycles. The molecular weight excluding hydrogens is 293 g/mol. The van der Waals surface area contributed by atoms with Crippen LogP contribution < -0.4 is 5.32 Å². The zero-order valence-electron chi connectivity index (χ0n) is 11.9. The van der Waals surface area contributed by atoms with Gasteiger partial charge in [0.15, 0.2) is 5.41 Å². The van der Waals surface area contributed by atoms with E-state index in [9.17, 15) is 22.8 Å². The van der Waals surface area contributed by atoms with Crippen molar-refractivity contribution in [1.29, 1.82) is 0 Å². The van der Waals surface area contributed by atoms with Gasteiger partial charge in [-0.25, -0.2) is 4.79 Å². The summed E-state index contributed by atoms with van der Waals surface area (Å²) in [6.45, 7) is 1.36. The highest BCUT2D eigenvalue weighted by Crippen LogP contribution is 2.45. The predicted octanol–water partition coefficient (Wildman–Crippen LogP) is 1.32. The van der Waals surface area contributed by atoms with Crippen LogP contribution in [0.15, 0.2) is 0 Å². The van der Waals surface area contributed by atoms with E-state index in [-0.39, 0.29) is 19.0 Å². The van der Waals surface area contributed by atoms with Crippen LogP contribution in [-0.2, 0) is 9.53 Å². The number of carboxylic acid groups (broad SMARTS) is 1. The highest BCUT2D eigenvalue weighted by Gasteiger charge is 2.64. The summed E-state index contributed by atoms with van der Waals surface area (Å²) in [5, 5.41) is 11.4. The standard InChI is InChI=1S/C12H19F3N2O4/c1-8(6-21-2)5-16-10(20)17-4-3-11(7-17,9(18)19)12(13,14)15/h8H,3-7H2,1-2H3,(H,16,20)(H,18,19). The Labute approximate surface area is 120 Å². The first kappa shape index (κ1) is 17.5. The van der Waals surface area contributed by atoms with E-state index in [1.165, 1.54) is 7.11 Å². The number of nitrogens with one attached hydrogen (secondary N) is 1. The number of carbonyl (C=O) groups excluding carboxylic acids is 1. The first-order valence-electron chi connectivity index (χ1n) is 6.46. The molecule has 0 aromatic carbocycles. The van der Waals surface area contributed by atoms with Crippen molar-refractivity contribution in [3.8, 4) is 0 Å². The second-order valence-corrected chi connectivity index (χ2v) is 5.30. The summed E-state index contributed by atoms with van der Waals surface area (Å²) in [6.07, 6.45) is -5.52. The zero-order valence-corrected chi connectivity index (χ0v) is 11.9. The number of amides is 2. The van der Waals surface area contributed by atoms with Gasteiger partial charge in [-0.3, -0.25) is 4.79 Å². The molecule has 0 aromatic rings. The van der Waals surface area contributed by atoms with E-state index >= 15 is 0 Å². The summed E-state index contributed by atoms with van der Waals surface area (Å²) in [4.78, 5) is 23.7. The Morgan fingerprint density at radius 2 is 2.10 bits per heavy atom. The number of hydrogen-bond acceptors (Lipinski definition) is 3. The van der Waals surface area contributed by atoms with E-state index in [1.54, 1.807) is 0 Å². The Balaban J connectivity index is 2.64. The topological polar surface area (TPSA) is 78.9 Å². The van der Waals surface area contributed by atoms with E-state index < -0.39 is 36.6 Å². The molecule has 0 bridgehead atoms. The Morgan fingerprint density at radius 1 is 1.48 bits per heavy atom. The third kappa shape index (κ3) is 3.78. The molecule has 1 aliphatic rings. The first-order chi connectivity index (χ1) is 9.64. The minimum Gasteiger partial charge on any atom is -0.481 e. The monoisotopic (exact) mass is 312 g/mol. The van der Waals surface area contributed by atoms with Crippen LogP contribution in [-0.4, -0.2) is 61.5 Å². The number of nitrogens with zero attached hydrogens (tertiary/aromatic N) is 1. The van der Waals surface area contributed by atoms with Gasteiger partial charge in [0.05, 0.1) is 6.61 Å².